The molecule has 3 aromatic rings. The van der Waals surface area contributed by atoms with Crippen LogP contribution in [0.5, 0.6) is 0 Å². The highest BCUT2D eigenvalue weighted by Gasteiger charge is 2.29. The molecule has 1 fully saturated rings. The molecule has 2 aromatic heterocycles. The number of benzene rings is 1. The van der Waals surface area contributed by atoms with Crippen molar-refractivity contribution < 1.29 is 14.3 Å². The molecule has 1 atom stereocenters. The Morgan fingerprint density at radius 1 is 1.22 bits per heavy atom. The van der Waals surface area contributed by atoms with Crippen molar-refractivity contribution in [2.75, 3.05) is 0 Å². The van der Waals surface area contributed by atoms with Gasteiger partial charge in [-0.3, -0.25) is 4.79 Å². The van der Waals surface area contributed by atoms with Crippen LogP contribution in [0.25, 0.3) is 16.3 Å². The number of amides is 1. The van der Waals surface area contributed by atoms with E-state index >= 15 is 0 Å². The molecule has 0 saturated heterocycles. The van der Waals surface area contributed by atoms with Gasteiger partial charge in [-0.1, -0.05) is 24.3 Å². The third kappa shape index (κ3) is 3.93. The molecule has 6 nitrogen and oxygen atoms in total. The summed E-state index contributed by atoms with van der Waals surface area (Å²) in [6, 6.07) is 13.6. The zero-order chi connectivity index (χ0) is 18.8. The monoisotopic (exact) mass is 381 g/mol. The number of carbonyl (C=O) groups excluding carboxylic acids is 2. The number of aromatic nitrogens is 2. The summed E-state index contributed by atoms with van der Waals surface area (Å²) in [5.41, 5.74) is 1.73. The Hall–Kier alpha value is -2.93. The Morgan fingerprint density at radius 3 is 2.67 bits per heavy atom. The summed E-state index contributed by atoms with van der Waals surface area (Å²) in [5.74, 6) is -0.821. The number of hydrogen-bond acceptors (Lipinski definition) is 5. The molecule has 1 amide bonds. The Kier molecular flexibility index (Phi) is 4.77. The SMILES string of the molecule is C[C@H](OC(=O)c1cn(-c2ccccc2)nc1-c1cccs1)C(=O)NC1CC1. The van der Waals surface area contributed by atoms with Crippen LogP contribution in [-0.2, 0) is 9.53 Å². The Labute approximate surface area is 160 Å². The van der Waals surface area contributed by atoms with Crippen molar-refractivity contribution >= 4 is 23.2 Å². The number of hydrogen-bond donors (Lipinski definition) is 1. The minimum Gasteiger partial charge on any atom is -0.449 e. The number of carbonyl (C=O) groups is 2. The molecular formula is C20H19N3O3S. The highest BCUT2D eigenvalue weighted by atomic mass is 32.1. The van der Waals surface area contributed by atoms with Crippen molar-refractivity contribution in [1.29, 1.82) is 0 Å². The topological polar surface area (TPSA) is 73.2 Å². The zero-order valence-corrected chi connectivity index (χ0v) is 15.6. The molecule has 1 aromatic carbocycles. The number of para-hydroxylation sites is 1. The summed E-state index contributed by atoms with van der Waals surface area (Å²) in [4.78, 5) is 25.7. The van der Waals surface area contributed by atoms with Gasteiger partial charge in [0.25, 0.3) is 5.91 Å². The fraction of sp³-hybridized carbons (Fsp3) is 0.250. The molecule has 27 heavy (non-hydrogen) atoms. The number of esters is 1. The third-order valence-electron chi connectivity index (χ3n) is 4.29. The van der Waals surface area contributed by atoms with Crippen LogP contribution in [0.3, 0.4) is 0 Å². The van der Waals surface area contributed by atoms with E-state index in [0.717, 1.165) is 23.4 Å². The normalized spacial score (nSPS) is 14.6. The van der Waals surface area contributed by atoms with E-state index in [1.54, 1.807) is 17.8 Å². The lowest BCUT2D eigenvalue weighted by Crippen LogP contribution is -2.37. The lowest BCUT2D eigenvalue weighted by molar-refractivity contribution is -0.129. The predicted molar refractivity (Wildman–Crippen MR) is 103 cm³/mol. The van der Waals surface area contributed by atoms with Crippen molar-refractivity contribution in [1.82, 2.24) is 15.1 Å². The molecule has 1 aliphatic rings. The average Bonchev–Trinajstić information content (AvgIpc) is 3.16. The van der Waals surface area contributed by atoms with E-state index < -0.39 is 12.1 Å². The van der Waals surface area contributed by atoms with Gasteiger partial charge >= 0.3 is 5.97 Å². The molecule has 7 heteroatoms. The van der Waals surface area contributed by atoms with Gasteiger partial charge < -0.3 is 10.1 Å². The molecule has 138 valence electrons. The number of nitrogens with one attached hydrogen (secondary N) is 1. The van der Waals surface area contributed by atoms with Gasteiger partial charge in [0.15, 0.2) is 6.10 Å². The standard InChI is InChI=1S/C20H19N3O3S/c1-13(19(24)21-14-9-10-14)26-20(25)16-12-23(15-6-3-2-4-7-15)22-18(16)17-8-5-11-27-17/h2-8,11-14H,9-10H2,1H3,(H,21,24)/t13-/m0/s1. The van der Waals surface area contributed by atoms with Gasteiger partial charge in [0.2, 0.25) is 0 Å². The van der Waals surface area contributed by atoms with Crippen molar-refractivity contribution in [3.05, 3.63) is 59.6 Å². The lowest BCUT2D eigenvalue weighted by atomic mass is 10.2. The minimum absolute atomic E-state index is 0.223. The first kappa shape index (κ1) is 17.5. The summed E-state index contributed by atoms with van der Waals surface area (Å²) in [7, 11) is 0. The first-order valence-corrected chi connectivity index (χ1v) is 9.70. The van der Waals surface area contributed by atoms with Gasteiger partial charge in [0.05, 0.1) is 10.6 Å². The van der Waals surface area contributed by atoms with Gasteiger partial charge in [-0.15, -0.1) is 11.3 Å². The molecule has 2 heterocycles. The van der Waals surface area contributed by atoms with Crippen LogP contribution < -0.4 is 5.32 Å². The largest absolute Gasteiger partial charge is 0.449 e. The summed E-state index contributed by atoms with van der Waals surface area (Å²) in [5, 5.41) is 9.36. The van der Waals surface area contributed by atoms with E-state index in [0.29, 0.717) is 11.3 Å². The number of ether oxygens (including phenoxy) is 1. The van der Waals surface area contributed by atoms with Gasteiger partial charge in [0, 0.05) is 12.2 Å². The van der Waals surface area contributed by atoms with Crippen LogP contribution in [0.15, 0.2) is 54.0 Å². The fourth-order valence-electron chi connectivity index (χ4n) is 2.66. The van der Waals surface area contributed by atoms with E-state index in [1.807, 2.05) is 47.8 Å². The Morgan fingerprint density at radius 2 is 2.00 bits per heavy atom. The van der Waals surface area contributed by atoms with Crippen LogP contribution in [0, 0.1) is 0 Å². The maximum absolute atomic E-state index is 12.8. The first-order valence-electron chi connectivity index (χ1n) is 8.82. The Balaban J connectivity index is 1.61. The summed E-state index contributed by atoms with van der Waals surface area (Å²) < 4.78 is 7.07. The van der Waals surface area contributed by atoms with Gasteiger partial charge in [-0.05, 0) is 43.3 Å². The second-order valence-corrected chi connectivity index (χ2v) is 7.43. The van der Waals surface area contributed by atoms with Crippen molar-refractivity contribution in [2.24, 2.45) is 0 Å². The quantitative estimate of drug-likeness (QED) is 0.664. The smallest absolute Gasteiger partial charge is 0.342 e. The molecule has 1 aliphatic carbocycles. The summed E-state index contributed by atoms with van der Waals surface area (Å²) >= 11 is 1.50. The van der Waals surface area contributed by atoms with Gasteiger partial charge in [0.1, 0.15) is 11.3 Å². The van der Waals surface area contributed by atoms with E-state index in [4.69, 9.17) is 4.74 Å². The number of nitrogens with zero attached hydrogens (tertiary/aromatic N) is 2. The summed E-state index contributed by atoms with van der Waals surface area (Å²) in [6.07, 6.45) is 2.77. The van der Waals surface area contributed by atoms with Crippen molar-refractivity contribution in [3.63, 3.8) is 0 Å². The van der Waals surface area contributed by atoms with E-state index in [1.165, 1.54) is 11.3 Å². The molecule has 1 saturated carbocycles. The molecular weight excluding hydrogens is 362 g/mol. The highest BCUT2D eigenvalue weighted by Crippen LogP contribution is 2.28. The van der Waals surface area contributed by atoms with Crippen LogP contribution in [0.4, 0.5) is 0 Å². The second kappa shape index (κ2) is 7.36. The summed E-state index contributed by atoms with van der Waals surface area (Å²) in [6.45, 7) is 1.59. The molecule has 0 radical (unpaired) electrons. The number of thiophene rings is 1. The fourth-order valence-corrected chi connectivity index (χ4v) is 3.38. The van der Waals surface area contributed by atoms with Crippen molar-refractivity contribution in [2.45, 2.75) is 31.9 Å². The van der Waals surface area contributed by atoms with E-state index in [-0.39, 0.29) is 11.9 Å². The van der Waals surface area contributed by atoms with E-state index in [2.05, 4.69) is 10.4 Å². The molecule has 0 bridgehead atoms. The van der Waals surface area contributed by atoms with Gasteiger partial charge in [-0.2, -0.15) is 5.10 Å². The second-order valence-electron chi connectivity index (χ2n) is 6.48. The van der Waals surface area contributed by atoms with Crippen LogP contribution in [0.2, 0.25) is 0 Å². The zero-order valence-electron chi connectivity index (χ0n) is 14.8. The molecule has 4 rings (SSSR count). The van der Waals surface area contributed by atoms with E-state index in [9.17, 15) is 9.59 Å². The van der Waals surface area contributed by atoms with Crippen molar-refractivity contribution in [3.8, 4) is 16.3 Å². The molecule has 0 spiro atoms. The highest BCUT2D eigenvalue weighted by molar-refractivity contribution is 7.13. The molecule has 1 N–H and O–H groups in total. The predicted octanol–water partition coefficient (Wildman–Crippen LogP) is 3.42. The van der Waals surface area contributed by atoms with Crippen LogP contribution >= 0.6 is 11.3 Å². The minimum atomic E-state index is -0.852. The first-order chi connectivity index (χ1) is 13.1. The average molecular weight is 381 g/mol. The maximum atomic E-state index is 12.8. The molecule has 0 unspecified atom stereocenters. The van der Waals surface area contributed by atoms with Gasteiger partial charge in [-0.25, -0.2) is 9.48 Å². The lowest BCUT2D eigenvalue weighted by Gasteiger charge is -2.12. The third-order valence-corrected chi connectivity index (χ3v) is 5.16. The number of rotatable bonds is 6. The Bertz CT molecular complexity index is 946. The van der Waals surface area contributed by atoms with Crippen LogP contribution in [-0.4, -0.2) is 33.8 Å². The maximum Gasteiger partial charge on any atom is 0.342 e. The molecule has 0 aliphatic heterocycles. The van der Waals surface area contributed by atoms with Crippen LogP contribution in [0.1, 0.15) is 30.1 Å².